The summed E-state index contributed by atoms with van der Waals surface area (Å²) in [6.45, 7) is 18.4. The molecule has 4 aliphatic heterocycles. The summed E-state index contributed by atoms with van der Waals surface area (Å²) in [5.74, 6) is -1.15. The van der Waals surface area contributed by atoms with E-state index in [1.54, 1.807) is 16.7 Å². The van der Waals surface area contributed by atoms with Crippen molar-refractivity contribution in [3.8, 4) is 0 Å². The fourth-order valence-corrected chi connectivity index (χ4v) is 9.74. The SMILES string of the molecule is CCCN1CC=C[C@H]2S[C@]34C=CCN(C(C)(C)CC(C)(C)C)C(=O)C3N([C@@H](CO)CC(C)C)C(=O)[C@@H]4[C@H]2C1=O. The van der Waals surface area contributed by atoms with E-state index in [1.165, 1.54) is 0 Å². The lowest BCUT2D eigenvalue weighted by Gasteiger charge is -2.45. The summed E-state index contributed by atoms with van der Waals surface area (Å²) >= 11 is 1.62. The Balaban J connectivity index is 1.85. The van der Waals surface area contributed by atoms with E-state index in [-0.39, 0.29) is 40.9 Å². The highest BCUT2D eigenvalue weighted by molar-refractivity contribution is 8.02. The van der Waals surface area contributed by atoms with Gasteiger partial charge in [-0.15, -0.1) is 11.8 Å². The topological polar surface area (TPSA) is 81.2 Å². The van der Waals surface area contributed by atoms with Crippen LogP contribution >= 0.6 is 11.8 Å². The molecule has 218 valence electrons. The minimum absolute atomic E-state index is 0.00569. The van der Waals surface area contributed by atoms with Gasteiger partial charge in [0.15, 0.2) is 0 Å². The zero-order valence-electron chi connectivity index (χ0n) is 25.1. The molecule has 2 fully saturated rings. The zero-order chi connectivity index (χ0) is 28.9. The van der Waals surface area contributed by atoms with Crippen molar-refractivity contribution in [2.45, 2.75) is 102 Å². The lowest BCUT2D eigenvalue weighted by atomic mass is 9.77. The van der Waals surface area contributed by atoms with Gasteiger partial charge in [0.1, 0.15) is 6.04 Å². The lowest BCUT2D eigenvalue weighted by molar-refractivity contribution is -0.149. The summed E-state index contributed by atoms with van der Waals surface area (Å²) in [6.07, 6.45) is 10.5. The molecular weight excluding hydrogens is 510 g/mol. The first-order chi connectivity index (χ1) is 18.2. The van der Waals surface area contributed by atoms with E-state index in [9.17, 15) is 19.5 Å². The first kappa shape index (κ1) is 30.2. The molecule has 8 heteroatoms. The summed E-state index contributed by atoms with van der Waals surface area (Å²) in [4.78, 5) is 48.8. The van der Waals surface area contributed by atoms with Gasteiger partial charge in [0.2, 0.25) is 17.7 Å². The molecule has 1 N–H and O–H groups in total. The fourth-order valence-electron chi connectivity index (χ4n) is 7.75. The molecule has 6 atom stereocenters. The van der Waals surface area contributed by atoms with Gasteiger partial charge in [-0.25, -0.2) is 0 Å². The van der Waals surface area contributed by atoms with Crippen LogP contribution in [0.3, 0.4) is 0 Å². The molecule has 0 bridgehead atoms. The average Bonchev–Trinajstić information content (AvgIpc) is 3.13. The molecule has 1 spiro atoms. The molecule has 0 aromatic heterocycles. The van der Waals surface area contributed by atoms with E-state index < -0.39 is 34.2 Å². The number of thioether (sulfide) groups is 1. The van der Waals surface area contributed by atoms with Crippen LogP contribution in [0.1, 0.15) is 74.7 Å². The first-order valence-electron chi connectivity index (χ1n) is 14.7. The van der Waals surface area contributed by atoms with E-state index in [2.05, 4.69) is 79.7 Å². The molecule has 39 heavy (non-hydrogen) atoms. The van der Waals surface area contributed by atoms with Crippen molar-refractivity contribution in [3.63, 3.8) is 0 Å². The molecule has 0 aliphatic carbocycles. The van der Waals surface area contributed by atoms with Crippen molar-refractivity contribution in [1.82, 2.24) is 14.7 Å². The molecule has 4 aliphatic rings. The van der Waals surface area contributed by atoms with E-state index in [0.717, 1.165) is 12.8 Å². The van der Waals surface area contributed by atoms with Crippen LogP contribution in [-0.2, 0) is 14.4 Å². The maximum atomic E-state index is 14.8. The Morgan fingerprint density at radius 1 is 1.05 bits per heavy atom. The van der Waals surface area contributed by atoms with Crippen LogP contribution < -0.4 is 0 Å². The summed E-state index contributed by atoms with van der Waals surface area (Å²) < 4.78 is -0.852. The molecule has 4 heterocycles. The van der Waals surface area contributed by atoms with Crippen molar-refractivity contribution < 1.29 is 19.5 Å². The number of hydrogen-bond donors (Lipinski definition) is 1. The quantitative estimate of drug-likeness (QED) is 0.453. The van der Waals surface area contributed by atoms with E-state index in [4.69, 9.17) is 0 Å². The minimum atomic E-state index is -0.852. The molecule has 0 aromatic rings. The number of carbonyl (C=O) groups is 3. The van der Waals surface area contributed by atoms with Gasteiger partial charge in [0, 0.05) is 30.4 Å². The van der Waals surface area contributed by atoms with Gasteiger partial charge < -0.3 is 19.8 Å². The van der Waals surface area contributed by atoms with Crippen molar-refractivity contribution in [3.05, 3.63) is 24.3 Å². The van der Waals surface area contributed by atoms with Gasteiger partial charge in [0.05, 0.1) is 29.2 Å². The highest BCUT2D eigenvalue weighted by Crippen LogP contribution is 2.61. The smallest absolute Gasteiger partial charge is 0.247 e. The molecule has 0 radical (unpaired) electrons. The fraction of sp³-hybridized carbons (Fsp3) is 0.774. The number of rotatable bonds is 8. The van der Waals surface area contributed by atoms with Crippen LogP contribution in [0.15, 0.2) is 24.3 Å². The number of fused-ring (bicyclic) bond motifs is 2. The molecule has 3 amide bonds. The predicted molar refractivity (Wildman–Crippen MR) is 157 cm³/mol. The van der Waals surface area contributed by atoms with Gasteiger partial charge in [-0.3, -0.25) is 14.4 Å². The van der Waals surface area contributed by atoms with E-state index in [1.807, 2.05) is 9.80 Å². The van der Waals surface area contributed by atoms with Crippen LogP contribution in [-0.4, -0.2) is 91.4 Å². The Morgan fingerprint density at radius 2 is 1.74 bits per heavy atom. The number of likely N-dealkylation sites (tertiary alicyclic amines) is 1. The third-order valence-electron chi connectivity index (χ3n) is 8.71. The minimum Gasteiger partial charge on any atom is -0.394 e. The third kappa shape index (κ3) is 5.32. The summed E-state index contributed by atoms with van der Waals surface area (Å²) in [5.41, 5.74) is -0.433. The number of carbonyl (C=O) groups excluding carboxylic acids is 3. The largest absolute Gasteiger partial charge is 0.394 e. The highest BCUT2D eigenvalue weighted by Gasteiger charge is 2.72. The van der Waals surface area contributed by atoms with Gasteiger partial charge in [-0.1, -0.05) is 65.8 Å². The summed E-state index contributed by atoms with van der Waals surface area (Å²) in [7, 11) is 0. The van der Waals surface area contributed by atoms with Crippen molar-refractivity contribution in [2.75, 3.05) is 26.2 Å². The first-order valence-corrected chi connectivity index (χ1v) is 15.6. The van der Waals surface area contributed by atoms with Gasteiger partial charge in [-0.2, -0.15) is 0 Å². The van der Waals surface area contributed by atoms with E-state index in [0.29, 0.717) is 26.1 Å². The predicted octanol–water partition coefficient (Wildman–Crippen LogP) is 4.11. The number of nitrogens with zero attached hydrogens (tertiary/aromatic N) is 3. The molecule has 0 saturated carbocycles. The molecule has 7 nitrogen and oxygen atoms in total. The van der Waals surface area contributed by atoms with Gasteiger partial charge in [0.25, 0.3) is 0 Å². The maximum Gasteiger partial charge on any atom is 0.247 e. The molecule has 1 unspecified atom stereocenters. The van der Waals surface area contributed by atoms with Gasteiger partial charge in [-0.05, 0) is 44.4 Å². The summed E-state index contributed by atoms with van der Waals surface area (Å²) in [6, 6.07) is -1.24. The van der Waals surface area contributed by atoms with Crippen LogP contribution in [0, 0.1) is 23.2 Å². The van der Waals surface area contributed by atoms with Crippen LogP contribution in [0.5, 0.6) is 0 Å². The Bertz CT molecular complexity index is 1030. The second-order valence-electron chi connectivity index (χ2n) is 14.2. The Morgan fingerprint density at radius 3 is 2.33 bits per heavy atom. The number of aliphatic hydroxyl groups excluding tert-OH is 1. The average molecular weight is 560 g/mol. The lowest BCUT2D eigenvalue weighted by Crippen LogP contribution is -2.60. The normalized spacial score (nSPS) is 31.9. The molecule has 2 saturated heterocycles. The summed E-state index contributed by atoms with van der Waals surface area (Å²) in [5, 5.41) is 10.4. The van der Waals surface area contributed by atoms with Crippen LogP contribution in [0.2, 0.25) is 0 Å². The third-order valence-corrected chi connectivity index (χ3v) is 10.5. The Hall–Kier alpha value is -1.80. The Labute approximate surface area is 239 Å². The number of amides is 3. The van der Waals surface area contributed by atoms with Crippen LogP contribution in [0.4, 0.5) is 0 Å². The number of aliphatic hydroxyl groups is 1. The Kier molecular flexibility index (Phi) is 8.42. The second-order valence-corrected chi connectivity index (χ2v) is 15.7. The standard InChI is InChI=1S/C31H49N3O4S/c1-9-14-32-15-10-12-22-23(26(32)36)24-27(37)34(21(18-35)17-20(2)3)25-28(38)33(16-11-13-31(24,25)39-22)30(7,8)19-29(4,5)6/h10-13,20-25,35H,9,14-19H2,1-8H3/t21-,22-,23+,24+,25?,31+/m1/s1. The zero-order valence-corrected chi connectivity index (χ0v) is 26.0. The number of hydrogen-bond acceptors (Lipinski definition) is 5. The molecule has 4 rings (SSSR count). The van der Waals surface area contributed by atoms with Crippen molar-refractivity contribution >= 4 is 29.5 Å². The highest BCUT2D eigenvalue weighted by atomic mass is 32.2. The van der Waals surface area contributed by atoms with Gasteiger partial charge >= 0.3 is 0 Å². The van der Waals surface area contributed by atoms with Crippen molar-refractivity contribution in [2.24, 2.45) is 23.2 Å². The van der Waals surface area contributed by atoms with Crippen LogP contribution in [0.25, 0.3) is 0 Å². The molecular formula is C31H49N3O4S. The second kappa shape index (κ2) is 10.9. The van der Waals surface area contributed by atoms with Crippen molar-refractivity contribution in [1.29, 1.82) is 0 Å². The monoisotopic (exact) mass is 559 g/mol. The van der Waals surface area contributed by atoms with E-state index >= 15 is 0 Å². The maximum absolute atomic E-state index is 14.8. The molecule has 0 aromatic carbocycles.